The Balaban J connectivity index is 1.48. The van der Waals surface area contributed by atoms with Gasteiger partial charge in [0.05, 0.1) is 11.7 Å². The van der Waals surface area contributed by atoms with E-state index in [1.54, 1.807) is 0 Å². The van der Waals surface area contributed by atoms with E-state index in [-0.39, 0.29) is 0 Å². The summed E-state index contributed by atoms with van der Waals surface area (Å²) in [6, 6.07) is 0. The van der Waals surface area contributed by atoms with E-state index in [2.05, 4.69) is 11.8 Å². The first-order chi connectivity index (χ1) is 9.21. The van der Waals surface area contributed by atoms with Gasteiger partial charge in [-0.2, -0.15) is 0 Å². The fourth-order valence-electron chi connectivity index (χ4n) is 4.50. The van der Waals surface area contributed by atoms with Gasteiger partial charge in [-0.1, -0.05) is 19.8 Å². The molecule has 3 unspecified atom stereocenters. The van der Waals surface area contributed by atoms with Crippen molar-refractivity contribution < 1.29 is 4.74 Å². The Morgan fingerprint density at radius 2 is 2.00 bits per heavy atom. The molecule has 0 radical (unpaired) electrons. The van der Waals surface area contributed by atoms with Crippen molar-refractivity contribution in [2.45, 2.75) is 63.6 Å². The number of hydrogen-bond donors (Lipinski definition) is 1. The highest BCUT2D eigenvalue weighted by molar-refractivity contribution is 4.94. The lowest BCUT2D eigenvalue weighted by Gasteiger charge is -2.37. The molecule has 3 fully saturated rings. The molecule has 3 aliphatic rings. The molecule has 2 N–H and O–H groups in total. The van der Waals surface area contributed by atoms with Gasteiger partial charge in [0.1, 0.15) is 0 Å². The first kappa shape index (κ1) is 13.8. The third kappa shape index (κ3) is 2.98. The van der Waals surface area contributed by atoms with Crippen molar-refractivity contribution in [1.29, 1.82) is 0 Å². The van der Waals surface area contributed by atoms with Gasteiger partial charge < -0.3 is 15.4 Å². The molecule has 3 nitrogen and oxygen atoms in total. The van der Waals surface area contributed by atoms with Gasteiger partial charge in [0.15, 0.2) is 0 Å². The lowest BCUT2D eigenvalue weighted by Crippen LogP contribution is -2.45. The minimum absolute atomic E-state index is 0.297. The minimum atomic E-state index is 0.297. The highest BCUT2D eigenvalue weighted by Gasteiger charge is 2.42. The average molecular weight is 266 g/mol. The van der Waals surface area contributed by atoms with Crippen LogP contribution < -0.4 is 5.73 Å². The molecule has 0 aromatic carbocycles. The van der Waals surface area contributed by atoms with Crippen molar-refractivity contribution in [3.05, 3.63) is 0 Å². The van der Waals surface area contributed by atoms with E-state index in [9.17, 15) is 0 Å². The lowest BCUT2D eigenvalue weighted by atomic mass is 9.87. The van der Waals surface area contributed by atoms with Crippen molar-refractivity contribution >= 4 is 0 Å². The number of ether oxygens (including phenoxy) is 1. The van der Waals surface area contributed by atoms with Gasteiger partial charge in [-0.25, -0.2) is 0 Å². The van der Waals surface area contributed by atoms with E-state index in [1.165, 1.54) is 58.0 Å². The molecule has 0 aromatic rings. The molecule has 0 amide bonds. The number of rotatable bonds is 3. The van der Waals surface area contributed by atoms with Gasteiger partial charge in [-0.15, -0.1) is 0 Å². The number of likely N-dealkylation sites (tertiary alicyclic amines) is 1. The van der Waals surface area contributed by atoms with Crippen LogP contribution in [0.25, 0.3) is 0 Å². The molecule has 110 valence electrons. The largest absolute Gasteiger partial charge is 0.370 e. The van der Waals surface area contributed by atoms with Crippen LogP contribution in [0.5, 0.6) is 0 Å². The molecule has 2 saturated heterocycles. The van der Waals surface area contributed by atoms with Crippen LogP contribution in [0.4, 0.5) is 0 Å². The Bertz CT molecular complexity index is 301. The molecule has 0 aromatic heterocycles. The van der Waals surface area contributed by atoms with E-state index in [1.807, 2.05) is 0 Å². The summed E-state index contributed by atoms with van der Waals surface area (Å²) in [5.74, 6) is 1.49. The molecule has 1 spiro atoms. The molecule has 0 bridgehead atoms. The average Bonchev–Trinajstić information content (AvgIpc) is 3.01. The van der Waals surface area contributed by atoms with Crippen molar-refractivity contribution in [2.24, 2.45) is 17.6 Å². The van der Waals surface area contributed by atoms with Crippen molar-refractivity contribution in [1.82, 2.24) is 4.90 Å². The third-order valence-electron chi connectivity index (χ3n) is 5.79. The lowest BCUT2D eigenvalue weighted by molar-refractivity contribution is -0.0521. The van der Waals surface area contributed by atoms with Crippen LogP contribution in [0.1, 0.15) is 51.9 Å². The van der Waals surface area contributed by atoms with Gasteiger partial charge in [-0.3, -0.25) is 0 Å². The van der Waals surface area contributed by atoms with Crippen LogP contribution in [0, 0.1) is 11.8 Å². The van der Waals surface area contributed by atoms with Crippen molar-refractivity contribution in [3.8, 4) is 0 Å². The Morgan fingerprint density at radius 1 is 1.21 bits per heavy atom. The molecule has 1 saturated carbocycles. The quantitative estimate of drug-likeness (QED) is 0.852. The van der Waals surface area contributed by atoms with Crippen LogP contribution in [-0.4, -0.2) is 42.8 Å². The molecule has 19 heavy (non-hydrogen) atoms. The van der Waals surface area contributed by atoms with Gasteiger partial charge >= 0.3 is 0 Å². The molecule has 1 aliphatic carbocycles. The number of nitrogens with two attached hydrogens (primary N) is 1. The van der Waals surface area contributed by atoms with E-state index >= 15 is 0 Å². The summed E-state index contributed by atoms with van der Waals surface area (Å²) in [5.41, 5.74) is 6.14. The third-order valence-corrected chi connectivity index (χ3v) is 5.79. The maximum atomic E-state index is 6.43. The normalized spacial score (nSPS) is 39.2. The molecular formula is C16H30N2O. The zero-order valence-corrected chi connectivity index (χ0v) is 12.4. The predicted molar refractivity (Wildman–Crippen MR) is 78.1 cm³/mol. The first-order valence-corrected chi connectivity index (χ1v) is 8.31. The van der Waals surface area contributed by atoms with Crippen LogP contribution in [0.15, 0.2) is 0 Å². The zero-order chi connectivity index (χ0) is 13.3. The summed E-state index contributed by atoms with van der Waals surface area (Å²) in [7, 11) is 0. The molecule has 3 atom stereocenters. The molecular weight excluding hydrogens is 236 g/mol. The number of piperidine rings is 1. The second-order valence-corrected chi connectivity index (χ2v) is 7.19. The zero-order valence-electron chi connectivity index (χ0n) is 12.4. The summed E-state index contributed by atoms with van der Waals surface area (Å²) < 4.78 is 6.43. The molecule has 2 heterocycles. The minimum Gasteiger partial charge on any atom is -0.370 e. The van der Waals surface area contributed by atoms with E-state index < -0.39 is 0 Å². The van der Waals surface area contributed by atoms with E-state index in [0.717, 1.165) is 24.9 Å². The Kier molecular flexibility index (Phi) is 4.16. The number of hydrogen-bond acceptors (Lipinski definition) is 3. The van der Waals surface area contributed by atoms with Crippen LogP contribution in [0.2, 0.25) is 0 Å². The van der Waals surface area contributed by atoms with Gasteiger partial charge in [0, 0.05) is 13.1 Å². The van der Waals surface area contributed by atoms with Crippen LogP contribution in [-0.2, 0) is 4.74 Å². The highest BCUT2D eigenvalue weighted by Crippen LogP contribution is 2.43. The van der Waals surface area contributed by atoms with Crippen LogP contribution >= 0.6 is 0 Å². The first-order valence-electron chi connectivity index (χ1n) is 8.31. The Morgan fingerprint density at radius 3 is 2.68 bits per heavy atom. The standard InChI is InChI=1S/C16H30N2O/c1-13-11-18(9-5-14(13)10-17)12-15-4-8-16(19-15)6-2-3-7-16/h13-15H,2-12,17H2,1H3. The van der Waals surface area contributed by atoms with Gasteiger partial charge in [-0.05, 0) is 57.0 Å². The van der Waals surface area contributed by atoms with Crippen molar-refractivity contribution in [2.75, 3.05) is 26.2 Å². The van der Waals surface area contributed by atoms with E-state index in [4.69, 9.17) is 10.5 Å². The van der Waals surface area contributed by atoms with E-state index in [0.29, 0.717) is 11.7 Å². The summed E-state index contributed by atoms with van der Waals surface area (Å²) in [4.78, 5) is 2.62. The van der Waals surface area contributed by atoms with Crippen LogP contribution in [0.3, 0.4) is 0 Å². The molecule has 3 heteroatoms. The highest BCUT2D eigenvalue weighted by atomic mass is 16.5. The summed E-state index contributed by atoms with van der Waals surface area (Å²) in [5, 5.41) is 0. The van der Waals surface area contributed by atoms with Crippen molar-refractivity contribution in [3.63, 3.8) is 0 Å². The summed E-state index contributed by atoms with van der Waals surface area (Å²) in [6.07, 6.45) is 9.76. The Hall–Kier alpha value is -0.120. The second kappa shape index (κ2) is 5.71. The fourth-order valence-corrected chi connectivity index (χ4v) is 4.50. The maximum absolute atomic E-state index is 6.43. The predicted octanol–water partition coefficient (Wildman–Crippen LogP) is 2.39. The summed E-state index contributed by atoms with van der Waals surface area (Å²) >= 11 is 0. The van der Waals surface area contributed by atoms with Gasteiger partial charge in [0.2, 0.25) is 0 Å². The number of nitrogens with zero attached hydrogens (tertiary/aromatic N) is 1. The Labute approximate surface area is 117 Å². The van der Waals surface area contributed by atoms with Gasteiger partial charge in [0.25, 0.3) is 0 Å². The molecule has 2 aliphatic heterocycles. The monoisotopic (exact) mass is 266 g/mol. The smallest absolute Gasteiger partial charge is 0.0710 e. The summed E-state index contributed by atoms with van der Waals surface area (Å²) in [6.45, 7) is 6.81. The maximum Gasteiger partial charge on any atom is 0.0710 e. The topological polar surface area (TPSA) is 38.5 Å². The molecule has 3 rings (SSSR count). The SMILES string of the molecule is CC1CN(CC2CCC3(CCCC3)O2)CCC1CN. The fraction of sp³-hybridized carbons (Fsp3) is 1.00. The second-order valence-electron chi connectivity index (χ2n) is 7.19.